The minimum absolute atomic E-state index is 0.620. The summed E-state index contributed by atoms with van der Waals surface area (Å²) in [6.07, 6.45) is 0. The average molecular weight is 719 g/mol. The molecular formula is C51H34N4O. The molecule has 8 aromatic carbocycles. The Morgan fingerprint density at radius 3 is 1.32 bits per heavy atom. The highest BCUT2D eigenvalue weighted by Crippen LogP contribution is 2.40. The number of benzene rings is 8. The zero-order valence-electron chi connectivity index (χ0n) is 30.3. The predicted molar refractivity (Wildman–Crippen MR) is 229 cm³/mol. The number of anilines is 3. The highest BCUT2D eigenvalue weighted by atomic mass is 16.3. The molecule has 5 heteroatoms. The van der Waals surface area contributed by atoms with Gasteiger partial charge in [0.25, 0.3) is 0 Å². The smallest absolute Gasteiger partial charge is 0.164 e. The van der Waals surface area contributed by atoms with Gasteiger partial charge in [-0.25, -0.2) is 15.0 Å². The summed E-state index contributed by atoms with van der Waals surface area (Å²) in [5.74, 6) is 1.89. The number of para-hydroxylation sites is 1. The molecule has 10 aromatic rings. The predicted octanol–water partition coefficient (Wildman–Crippen LogP) is 13.6. The Balaban J connectivity index is 1.01. The molecule has 2 aromatic heterocycles. The maximum absolute atomic E-state index is 6.64. The second-order valence-electron chi connectivity index (χ2n) is 13.7. The molecule has 0 N–H and O–H groups in total. The van der Waals surface area contributed by atoms with E-state index >= 15 is 0 Å². The van der Waals surface area contributed by atoms with Crippen molar-refractivity contribution in [2.24, 2.45) is 0 Å². The van der Waals surface area contributed by atoms with Crippen molar-refractivity contribution in [1.29, 1.82) is 0 Å². The lowest BCUT2D eigenvalue weighted by Gasteiger charge is -2.25. The van der Waals surface area contributed by atoms with Crippen LogP contribution in [0.4, 0.5) is 17.1 Å². The van der Waals surface area contributed by atoms with Crippen molar-refractivity contribution in [3.05, 3.63) is 206 Å². The van der Waals surface area contributed by atoms with Crippen LogP contribution in [0.5, 0.6) is 0 Å². The van der Waals surface area contributed by atoms with Gasteiger partial charge >= 0.3 is 0 Å². The van der Waals surface area contributed by atoms with E-state index in [9.17, 15) is 0 Å². The van der Waals surface area contributed by atoms with Crippen molar-refractivity contribution in [2.75, 3.05) is 4.90 Å². The molecule has 0 saturated heterocycles. The number of nitrogens with zero attached hydrogens (tertiary/aromatic N) is 4. The van der Waals surface area contributed by atoms with Crippen LogP contribution in [0.25, 0.3) is 78.4 Å². The van der Waals surface area contributed by atoms with Crippen LogP contribution in [0, 0.1) is 0 Å². The Bertz CT molecular complexity index is 2890. The Labute approximate surface area is 324 Å². The average Bonchev–Trinajstić information content (AvgIpc) is 3.65. The molecule has 0 bridgehead atoms. The Morgan fingerprint density at radius 1 is 0.286 bits per heavy atom. The molecule has 10 rings (SSSR count). The van der Waals surface area contributed by atoms with Crippen LogP contribution < -0.4 is 4.90 Å². The van der Waals surface area contributed by atoms with Crippen LogP contribution >= 0.6 is 0 Å². The summed E-state index contributed by atoms with van der Waals surface area (Å²) in [7, 11) is 0. The maximum atomic E-state index is 6.64. The molecule has 264 valence electrons. The quantitative estimate of drug-likeness (QED) is 0.157. The minimum atomic E-state index is 0.620. The molecule has 0 aliphatic heterocycles. The summed E-state index contributed by atoms with van der Waals surface area (Å²) in [6, 6.07) is 71.0. The summed E-state index contributed by atoms with van der Waals surface area (Å²) >= 11 is 0. The van der Waals surface area contributed by atoms with Gasteiger partial charge in [-0.1, -0.05) is 146 Å². The fourth-order valence-electron chi connectivity index (χ4n) is 7.32. The van der Waals surface area contributed by atoms with Crippen LogP contribution in [0.2, 0.25) is 0 Å². The van der Waals surface area contributed by atoms with Crippen LogP contribution in [0.1, 0.15) is 0 Å². The van der Waals surface area contributed by atoms with Gasteiger partial charge in [-0.3, -0.25) is 0 Å². The monoisotopic (exact) mass is 718 g/mol. The van der Waals surface area contributed by atoms with Gasteiger partial charge in [0.2, 0.25) is 0 Å². The summed E-state index contributed by atoms with van der Waals surface area (Å²) in [4.78, 5) is 17.0. The molecule has 5 nitrogen and oxygen atoms in total. The first-order valence-electron chi connectivity index (χ1n) is 18.7. The lowest BCUT2D eigenvalue weighted by molar-refractivity contribution is 0.669. The third-order valence-corrected chi connectivity index (χ3v) is 10.1. The van der Waals surface area contributed by atoms with E-state index in [1.54, 1.807) is 0 Å². The third-order valence-electron chi connectivity index (χ3n) is 10.1. The SMILES string of the molecule is c1ccc(-c2ccc(N(c3ccccc3)c3ccc4c(c3)oc3cc(-c5cccc(-c6nc(-c7ccccc7)nc(-c7ccccc7)n6)c5)ccc34)cc2)cc1. The van der Waals surface area contributed by atoms with Gasteiger partial charge in [-0.05, 0) is 76.9 Å². The molecular weight excluding hydrogens is 685 g/mol. The van der Waals surface area contributed by atoms with Gasteiger partial charge in [-0.2, -0.15) is 0 Å². The standard InChI is InChI=1S/C51H34N4O/c1-5-14-35(15-6-1)36-24-27-43(28-25-36)55(42-22-11-4-12-23-42)44-29-31-46-45-30-26-40(33-47(45)56-48(46)34-44)39-20-13-21-41(32-39)51-53-49(37-16-7-2-8-17-37)52-50(54-51)38-18-9-3-10-19-38/h1-34H. The van der Waals surface area contributed by atoms with E-state index in [4.69, 9.17) is 19.4 Å². The Kier molecular flexibility index (Phi) is 8.43. The first-order valence-corrected chi connectivity index (χ1v) is 18.7. The van der Waals surface area contributed by atoms with Crippen molar-refractivity contribution in [1.82, 2.24) is 15.0 Å². The molecule has 0 saturated carbocycles. The molecule has 0 amide bonds. The number of hydrogen-bond acceptors (Lipinski definition) is 5. The van der Waals surface area contributed by atoms with Gasteiger partial charge < -0.3 is 9.32 Å². The number of fused-ring (bicyclic) bond motifs is 3. The molecule has 0 radical (unpaired) electrons. The van der Waals surface area contributed by atoms with Crippen molar-refractivity contribution < 1.29 is 4.42 Å². The van der Waals surface area contributed by atoms with Crippen molar-refractivity contribution >= 4 is 39.0 Å². The fourth-order valence-corrected chi connectivity index (χ4v) is 7.32. The molecule has 2 heterocycles. The van der Waals surface area contributed by atoms with Gasteiger partial charge in [0.05, 0.1) is 0 Å². The first-order chi connectivity index (χ1) is 27.7. The lowest BCUT2D eigenvalue weighted by Crippen LogP contribution is -2.09. The third kappa shape index (κ3) is 6.37. The summed E-state index contributed by atoms with van der Waals surface area (Å²) in [6.45, 7) is 0. The van der Waals surface area contributed by atoms with Crippen molar-refractivity contribution in [3.8, 4) is 56.4 Å². The Morgan fingerprint density at radius 2 is 0.696 bits per heavy atom. The van der Waals surface area contributed by atoms with E-state index < -0.39 is 0 Å². The van der Waals surface area contributed by atoms with Crippen LogP contribution in [-0.2, 0) is 0 Å². The van der Waals surface area contributed by atoms with Gasteiger partial charge in [0.1, 0.15) is 11.2 Å². The minimum Gasteiger partial charge on any atom is -0.456 e. The lowest BCUT2D eigenvalue weighted by atomic mass is 10.0. The normalized spacial score (nSPS) is 11.2. The number of rotatable bonds is 8. The van der Waals surface area contributed by atoms with Crippen molar-refractivity contribution in [3.63, 3.8) is 0 Å². The van der Waals surface area contributed by atoms with E-state index in [2.05, 4.69) is 138 Å². The number of furan rings is 1. The zero-order chi connectivity index (χ0) is 37.3. The number of aromatic nitrogens is 3. The van der Waals surface area contributed by atoms with Crippen molar-refractivity contribution in [2.45, 2.75) is 0 Å². The Hall–Kier alpha value is -7.63. The van der Waals surface area contributed by atoms with Gasteiger partial charge in [0, 0.05) is 50.6 Å². The van der Waals surface area contributed by atoms with Gasteiger partial charge in [0.15, 0.2) is 17.5 Å². The second-order valence-corrected chi connectivity index (χ2v) is 13.7. The highest BCUT2D eigenvalue weighted by molar-refractivity contribution is 6.07. The maximum Gasteiger partial charge on any atom is 0.164 e. The van der Waals surface area contributed by atoms with E-state index in [1.807, 2.05) is 72.8 Å². The van der Waals surface area contributed by atoms with Crippen LogP contribution in [-0.4, -0.2) is 15.0 Å². The van der Waals surface area contributed by atoms with Gasteiger partial charge in [-0.15, -0.1) is 0 Å². The van der Waals surface area contributed by atoms with E-state index in [1.165, 1.54) is 11.1 Å². The largest absolute Gasteiger partial charge is 0.456 e. The molecule has 0 spiro atoms. The molecule has 0 atom stereocenters. The molecule has 0 aliphatic rings. The summed E-state index contributed by atoms with van der Waals surface area (Å²) in [5, 5.41) is 2.14. The molecule has 0 aliphatic carbocycles. The topological polar surface area (TPSA) is 55.1 Å². The summed E-state index contributed by atoms with van der Waals surface area (Å²) < 4.78 is 6.64. The van der Waals surface area contributed by atoms with E-state index in [0.717, 1.165) is 66.8 Å². The molecule has 0 fully saturated rings. The molecule has 56 heavy (non-hydrogen) atoms. The second kappa shape index (κ2) is 14.3. The van der Waals surface area contributed by atoms with E-state index in [0.29, 0.717) is 17.5 Å². The fraction of sp³-hybridized carbons (Fsp3) is 0. The van der Waals surface area contributed by atoms with Crippen LogP contribution in [0.15, 0.2) is 211 Å². The number of hydrogen-bond donors (Lipinski definition) is 0. The van der Waals surface area contributed by atoms with Crippen LogP contribution in [0.3, 0.4) is 0 Å². The zero-order valence-corrected chi connectivity index (χ0v) is 30.3. The summed E-state index contributed by atoms with van der Waals surface area (Å²) in [5.41, 5.74) is 12.1. The van der Waals surface area contributed by atoms with E-state index in [-0.39, 0.29) is 0 Å². The first kappa shape index (κ1) is 33.0. The highest BCUT2D eigenvalue weighted by Gasteiger charge is 2.17. The molecule has 0 unspecified atom stereocenters.